The molecule has 2 unspecified atom stereocenters. The summed E-state index contributed by atoms with van der Waals surface area (Å²) in [4.78, 5) is 11.9. The predicted molar refractivity (Wildman–Crippen MR) is 68.9 cm³/mol. The summed E-state index contributed by atoms with van der Waals surface area (Å²) in [5.74, 6) is -1.55. The third-order valence-corrected chi connectivity index (χ3v) is 3.53. The van der Waals surface area contributed by atoms with E-state index in [0.717, 1.165) is 44.1 Å². The van der Waals surface area contributed by atoms with Crippen molar-refractivity contribution in [3.8, 4) is 0 Å². The maximum absolute atomic E-state index is 13.1. The van der Waals surface area contributed by atoms with Crippen LogP contribution in [0.15, 0.2) is 18.2 Å². The lowest BCUT2D eigenvalue weighted by molar-refractivity contribution is 0.0921. The number of nitrogens with one attached hydrogen (secondary N) is 2. The van der Waals surface area contributed by atoms with Gasteiger partial charge < -0.3 is 10.6 Å². The zero-order valence-corrected chi connectivity index (χ0v) is 10.9. The molecule has 2 rings (SSSR count). The molecule has 1 aliphatic rings. The van der Waals surface area contributed by atoms with Crippen LogP contribution in [-0.4, -0.2) is 25.0 Å². The fraction of sp³-hybridized carbons (Fsp3) is 0.500. The summed E-state index contributed by atoms with van der Waals surface area (Å²) in [6.07, 6.45) is 2.13. The Labute approximate surface area is 111 Å². The number of hydrogen-bond donors (Lipinski definition) is 2. The second-order valence-corrected chi connectivity index (χ2v) is 5.03. The molecular weight excluding hydrogens is 250 g/mol. The lowest BCUT2D eigenvalue weighted by Crippen LogP contribution is -2.44. The van der Waals surface area contributed by atoms with Crippen LogP contribution in [0.4, 0.5) is 8.78 Å². The van der Waals surface area contributed by atoms with Crippen LogP contribution in [0.2, 0.25) is 0 Å². The molecule has 0 aromatic heterocycles. The average Bonchev–Trinajstić information content (AvgIpc) is 2.38. The predicted octanol–water partition coefficient (Wildman–Crippen LogP) is 2.08. The van der Waals surface area contributed by atoms with Crippen molar-refractivity contribution in [3.63, 3.8) is 0 Å². The van der Waals surface area contributed by atoms with E-state index >= 15 is 0 Å². The largest absolute Gasteiger partial charge is 0.349 e. The molecule has 2 N–H and O–H groups in total. The Hall–Kier alpha value is -1.49. The highest BCUT2D eigenvalue weighted by atomic mass is 19.1. The van der Waals surface area contributed by atoms with E-state index in [1.165, 1.54) is 0 Å². The molecule has 1 fully saturated rings. The summed E-state index contributed by atoms with van der Waals surface area (Å²) in [6.45, 7) is 3.79. The second kappa shape index (κ2) is 6.10. The molecule has 0 aliphatic carbocycles. The first-order valence-electron chi connectivity index (χ1n) is 6.54. The summed E-state index contributed by atoms with van der Waals surface area (Å²) < 4.78 is 26.1. The summed E-state index contributed by atoms with van der Waals surface area (Å²) in [6, 6.07) is 2.83. The average molecular weight is 268 g/mol. The first kappa shape index (κ1) is 13.9. The molecule has 1 amide bonds. The van der Waals surface area contributed by atoms with Crippen LogP contribution < -0.4 is 10.6 Å². The second-order valence-electron chi connectivity index (χ2n) is 5.03. The van der Waals surface area contributed by atoms with Gasteiger partial charge in [-0.05, 0) is 50.9 Å². The van der Waals surface area contributed by atoms with E-state index in [9.17, 15) is 13.6 Å². The van der Waals surface area contributed by atoms with Crippen molar-refractivity contribution in [1.82, 2.24) is 10.6 Å². The molecule has 0 bridgehead atoms. The van der Waals surface area contributed by atoms with Crippen molar-refractivity contribution in [3.05, 3.63) is 35.4 Å². The highest BCUT2D eigenvalue weighted by Crippen LogP contribution is 2.15. The normalized spacial score (nSPS) is 20.9. The number of carbonyl (C=O) groups excluding carboxylic acids is 1. The quantitative estimate of drug-likeness (QED) is 0.881. The van der Waals surface area contributed by atoms with Crippen LogP contribution >= 0.6 is 0 Å². The maximum Gasteiger partial charge on any atom is 0.251 e. The molecule has 0 saturated carbocycles. The van der Waals surface area contributed by atoms with Gasteiger partial charge in [0.2, 0.25) is 0 Å². The van der Waals surface area contributed by atoms with Gasteiger partial charge in [0, 0.05) is 17.7 Å². The lowest BCUT2D eigenvalue weighted by Gasteiger charge is -2.28. The van der Waals surface area contributed by atoms with Gasteiger partial charge in [-0.15, -0.1) is 0 Å². The van der Waals surface area contributed by atoms with Gasteiger partial charge >= 0.3 is 0 Å². The Kier molecular flexibility index (Phi) is 4.47. The first-order valence-corrected chi connectivity index (χ1v) is 6.54. The monoisotopic (exact) mass is 268 g/mol. The van der Waals surface area contributed by atoms with Crippen LogP contribution in [0.3, 0.4) is 0 Å². The molecule has 5 heteroatoms. The molecule has 3 nitrogen and oxygen atoms in total. The van der Waals surface area contributed by atoms with E-state index < -0.39 is 17.5 Å². The van der Waals surface area contributed by atoms with Gasteiger partial charge in [-0.2, -0.15) is 0 Å². The molecule has 1 aliphatic heterocycles. The minimum Gasteiger partial charge on any atom is -0.349 e. The maximum atomic E-state index is 13.1. The molecule has 1 aromatic rings. The minimum absolute atomic E-state index is 0.0214. The summed E-state index contributed by atoms with van der Waals surface area (Å²) in [5.41, 5.74) is 0.0214. The van der Waals surface area contributed by atoms with Gasteiger partial charge in [0.05, 0.1) is 0 Å². The van der Waals surface area contributed by atoms with E-state index in [1.807, 2.05) is 6.92 Å². The van der Waals surface area contributed by atoms with Crippen molar-refractivity contribution >= 4 is 5.91 Å². The fourth-order valence-corrected chi connectivity index (χ4v) is 2.40. The number of carbonyl (C=O) groups is 1. The van der Waals surface area contributed by atoms with Gasteiger partial charge in [-0.1, -0.05) is 0 Å². The molecule has 2 atom stereocenters. The van der Waals surface area contributed by atoms with Gasteiger partial charge in [-0.3, -0.25) is 4.79 Å². The molecule has 0 spiro atoms. The molecule has 104 valence electrons. The van der Waals surface area contributed by atoms with E-state index in [4.69, 9.17) is 0 Å². The van der Waals surface area contributed by atoms with Gasteiger partial charge in [-0.25, -0.2) is 8.78 Å². The van der Waals surface area contributed by atoms with Crippen LogP contribution in [0.25, 0.3) is 0 Å². The van der Waals surface area contributed by atoms with Crippen molar-refractivity contribution < 1.29 is 13.6 Å². The topological polar surface area (TPSA) is 41.1 Å². The van der Waals surface area contributed by atoms with E-state index in [2.05, 4.69) is 10.6 Å². The van der Waals surface area contributed by atoms with Crippen molar-refractivity contribution in [2.24, 2.45) is 5.92 Å². The van der Waals surface area contributed by atoms with E-state index in [1.54, 1.807) is 0 Å². The molecule has 19 heavy (non-hydrogen) atoms. The van der Waals surface area contributed by atoms with Crippen LogP contribution in [-0.2, 0) is 0 Å². The third-order valence-electron chi connectivity index (χ3n) is 3.53. The van der Waals surface area contributed by atoms with Gasteiger partial charge in [0.25, 0.3) is 5.91 Å². The van der Waals surface area contributed by atoms with Crippen molar-refractivity contribution in [2.45, 2.75) is 25.8 Å². The van der Waals surface area contributed by atoms with Gasteiger partial charge in [0.15, 0.2) is 0 Å². The Balaban J connectivity index is 1.99. The van der Waals surface area contributed by atoms with Crippen LogP contribution in [0.5, 0.6) is 0 Å². The van der Waals surface area contributed by atoms with Crippen LogP contribution in [0.1, 0.15) is 30.1 Å². The Morgan fingerprint density at radius 2 is 2.05 bits per heavy atom. The van der Waals surface area contributed by atoms with E-state index in [-0.39, 0.29) is 11.6 Å². The number of halogens is 2. The fourth-order valence-electron chi connectivity index (χ4n) is 2.40. The summed E-state index contributed by atoms with van der Waals surface area (Å²) in [7, 11) is 0. The number of rotatable bonds is 3. The molecular formula is C14H18F2N2O. The number of amides is 1. The highest BCUT2D eigenvalue weighted by molar-refractivity contribution is 5.94. The Bertz CT molecular complexity index is 439. The highest BCUT2D eigenvalue weighted by Gasteiger charge is 2.22. The van der Waals surface area contributed by atoms with Gasteiger partial charge in [0.1, 0.15) is 11.6 Å². The lowest BCUT2D eigenvalue weighted by atomic mass is 9.92. The standard InChI is InChI=1S/C14H18F2N2O/c1-9(10-3-2-4-17-8-10)18-14(19)11-5-12(15)7-13(16)6-11/h5-7,9-10,17H,2-4,8H2,1H3,(H,18,19). The SMILES string of the molecule is CC(NC(=O)c1cc(F)cc(F)c1)C1CCCNC1. The Morgan fingerprint density at radius 3 is 2.63 bits per heavy atom. The number of hydrogen-bond acceptors (Lipinski definition) is 2. The third kappa shape index (κ3) is 3.73. The zero-order chi connectivity index (χ0) is 13.8. The smallest absolute Gasteiger partial charge is 0.251 e. The zero-order valence-electron chi connectivity index (χ0n) is 10.9. The molecule has 1 saturated heterocycles. The van der Waals surface area contributed by atoms with Crippen LogP contribution in [0, 0.1) is 17.6 Å². The molecule has 0 radical (unpaired) electrons. The number of piperidine rings is 1. The van der Waals surface area contributed by atoms with E-state index in [0.29, 0.717) is 5.92 Å². The number of benzene rings is 1. The molecule has 1 aromatic carbocycles. The minimum atomic E-state index is -0.739. The summed E-state index contributed by atoms with van der Waals surface area (Å²) >= 11 is 0. The Morgan fingerprint density at radius 1 is 1.37 bits per heavy atom. The van der Waals surface area contributed by atoms with Crippen molar-refractivity contribution in [2.75, 3.05) is 13.1 Å². The summed E-state index contributed by atoms with van der Waals surface area (Å²) in [5, 5.41) is 6.08. The van der Waals surface area contributed by atoms with Crippen molar-refractivity contribution in [1.29, 1.82) is 0 Å². The first-order chi connectivity index (χ1) is 9.06. The molecule has 1 heterocycles.